The van der Waals surface area contributed by atoms with E-state index in [1.807, 2.05) is 17.1 Å². The molecule has 1 heterocycles. The van der Waals surface area contributed by atoms with Gasteiger partial charge >= 0.3 is 6.18 Å². The molecule has 9 heteroatoms. The predicted octanol–water partition coefficient (Wildman–Crippen LogP) is 3.93. The molecule has 1 saturated heterocycles. The minimum absolute atomic E-state index is 0.0406. The second kappa shape index (κ2) is 7.73. The lowest BCUT2D eigenvalue weighted by Crippen LogP contribution is -2.44. The van der Waals surface area contributed by atoms with Gasteiger partial charge in [0.1, 0.15) is 0 Å². The van der Waals surface area contributed by atoms with Gasteiger partial charge in [-0.2, -0.15) is 17.5 Å². The lowest BCUT2D eigenvalue weighted by Gasteiger charge is -2.36. The molecule has 0 saturated carbocycles. The summed E-state index contributed by atoms with van der Waals surface area (Å²) in [7, 11) is -2.18. The van der Waals surface area contributed by atoms with Crippen LogP contribution in [0.2, 0.25) is 5.02 Å². The molecule has 1 aliphatic carbocycles. The summed E-state index contributed by atoms with van der Waals surface area (Å²) in [6, 6.07) is 5.72. The van der Waals surface area contributed by atoms with Gasteiger partial charge in [-0.15, -0.1) is 0 Å². The van der Waals surface area contributed by atoms with E-state index in [0.29, 0.717) is 24.5 Å². The standard InChI is InChI=1S/C18H22ClF3N2O2S/c1-23(27(25,26)17-4-2-3-14(19)11-17)15-5-6-16(12-15)24-9-7-13(8-10-24)18(20,21)22/h2-6,11,13,15-16H,7-10,12H2,1H3/t15-,16+/m0/s1. The maximum absolute atomic E-state index is 12.8. The van der Waals surface area contributed by atoms with Gasteiger partial charge in [-0.25, -0.2) is 8.42 Å². The largest absolute Gasteiger partial charge is 0.391 e. The zero-order valence-electron chi connectivity index (χ0n) is 14.9. The number of likely N-dealkylation sites (N-methyl/N-ethyl adjacent to an activating group) is 1. The molecule has 2 atom stereocenters. The summed E-state index contributed by atoms with van der Waals surface area (Å²) in [4.78, 5) is 2.14. The van der Waals surface area contributed by atoms with Gasteiger partial charge in [0.25, 0.3) is 0 Å². The number of alkyl halides is 3. The molecule has 0 bridgehead atoms. The zero-order chi connectivity index (χ0) is 19.8. The van der Waals surface area contributed by atoms with Gasteiger partial charge in [0.2, 0.25) is 10.0 Å². The Kier molecular flexibility index (Phi) is 5.91. The molecular weight excluding hydrogens is 401 g/mol. The van der Waals surface area contributed by atoms with Crippen LogP contribution in [0.4, 0.5) is 13.2 Å². The van der Waals surface area contributed by atoms with Gasteiger partial charge in [0, 0.05) is 24.2 Å². The van der Waals surface area contributed by atoms with Crippen LogP contribution in [0.1, 0.15) is 19.3 Å². The molecule has 150 valence electrons. The summed E-state index contributed by atoms with van der Waals surface area (Å²) >= 11 is 5.90. The highest BCUT2D eigenvalue weighted by molar-refractivity contribution is 7.89. The van der Waals surface area contributed by atoms with Crippen molar-refractivity contribution >= 4 is 21.6 Å². The first-order valence-electron chi connectivity index (χ1n) is 8.82. The van der Waals surface area contributed by atoms with Gasteiger partial charge in [0.15, 0.2) is 0 Å². The highest BCUT2D eigenvalue weighted by atomic mass is 35.5. The molecule has 2 aliphatic rings. The molecule has 27 heavy (non-hydrogen) atoms. The topological polar surface area (TPSA) is 40.6 Å². The van der Waals surface area contributed by atoms with Gasteiger partial charge < -0.3 is 0 Å². The van der Waals surface area contributed by atoms with E-state index in [1.165, 1.54) is 23.5 Å². The number of nitrogens with zero attached hydrogens (tertiary/aromatic N) is 2. The fourth-order valence-corrected chi connectivity index (χ4v) is 5.36. The van der Waals surface area contributed by atoms with Crippen molar-refractivity contribution < 1.29 is 21.6 Å². The third-order valence-electron chi connectivity index (χ3n) is 5.44. The second-order valence-corrected chi connectivity index (χ2v) is 9.52. The van der Waals surface area contributed by atoms with E-state index in [-0.39, 0.29) is 29.8 Å². The van der Waals surface area contributed by atoms with Gasteiger partial charge in [-0.3, -0.25) is 4.90 Å². The number of rotatable bonds is 4. The van der Waals surface area contributed by atoms with Crippen molar-refractivity contribution in [1.82, 2.24) is 9.21 Å². The van der Waals surface area contributed by atoms with Crippen molar-refractivity contribution in [2.24, 2.45) is 5.92 Å². The molecular formula is C18H22ClF3N2O2S. The van der Waals surface area contributed by atoms with Gasteiger partial charge in [-0.05, 0) is 50.6 Å². The average molecular weight is 423 g/mol. The Bertz CT molecular complexity index is 805. The molecule has 0 spiro atoms. The number of hydrogen-bond acceptors (Lipinski definition) is 3. The van der Waals surface area contributed by atoms with Gasteiger partial charge in [0.05, 0.1) is 10.8 Å². The molecule has 3 rings (SSSR count). The number of benzene rings is 1. The van der Waals surface area contributed by atoms with Crippen LogP contribution >= 0.6 is 11.6 Å². The van der Waals surface area contributed by atoms with Crippen LogP contribution < -0.4 is 0 Å². The van der Waals surface area contributed by atoms with E-state index < -0.39 is 22.1 Å². The van der Waals surface area contributed by atoms with Crippen LogP contribution in [0.15, 0.2) is 41.3 Å². The van der Waals surface area contributed by atoms with Crippen LogP contribution in [-0.4, -0.2) is 56.0 Å². The predicted molar refractivity (Wildman–Crippen MR) is 98.1 cm³/mol. The SMILES string of the molecule is CN([C@H]1C=C[C@@H](N2CCC(C(F)(F)F)CC2)C1)S(=O)(=O)c1cccc(Cl)c1. The van der Waals surface area contributed by atoms with Crippen molar-refractivity contribution in [3.63, 3.8) is 0 Å². The molecule has 0 amide bonds. The minimum atomic E-state index is -4.13. The quantitative estimate of drug-likeness (QED) is 0.690. The molecule has 0 unspecified atom stereocenters. The summed E-state index contributed by atoms with van der Waals surface area (Å²) in [5.41, 5.74) is 0. The summed E-state index contributed by atoms with van der Waals surface area (Å²) in [5.74, 6) is -1.24. The fraction of sp³-hybridized carbons (Fsp3) is 0.556. The molecule has 0 aromatic heterocycles. The van der Waals surface area contributed by atoms with Crippen molar-refractivity contribution in [2.75, 3.05) is 20.1 Å². The Morgan fingerprint density at radius 3 is 2.44 bits per heavy atom. The summed E-state index contributed by atoms with van der Waals surface area (Å²) in [6.07, 6.45) is 0.313. The van der Waals surface area contributed by atoms with E-state index in [1.54, 1.807) is 12.1 Å². The van der Waals surface area contributed by atoms with Crippen molar-refractivity contribution in [1.29, 1.82) is 0 Å². The monoisotopic (exact) mass is 422 g/mol. The van der Waals surface area contributed by atoms with E-state index in [9.17, 15) is 21.6 Å². The number of halogens is 4. The van der Waals surface area contributed by atoms with Crippen molar-refractivity contribution in [3.8, 4) is 0 Å². The molecule has 0 radical (unpaired) electrons. The summed E-state index contributed by atoms with van der Waals surface area (Å²) in [5, 5.41) is 0.344. The molecule has 1 fully saturated rings. The van der Waals surface area contributed by atoms with Crippen LogP contribution in [0.5, 0.6) is 0 Å². The number of sulfonamides is 1. The fourth-order valence-electron chi connectivity index (χ4n) is 3.73. The Hall–Kier alpha value is -1.09. The van der Waals surface area contributed by atoms with E-state index in [0.717, 1.165) is 0 Å². The maximum Gasteiger partial charge on any atom is 0.391 e. The van der Waals surface area contributed by atoms with E-state index in [2.05, 4.69) is 0 Å². The van der Waals surface area contributed by atoms with Crippen LogP contribution in [-0.2, 0) is 10.0 Å². The van der Waals surface area contributed by atoms with Gasteiger partial charge in [-0.1, -0.05) is 29.8 Å². The highest BCUT2D eigenvalue weighted by Gasteiger charge is 2.42. The van der Waals surface area contributed by atoms with Crippen LogP contribution in [0.25, 0.3) is 0 Å². The first-order chi connectivity index (χ1) is 12.6. The Labute approximate surface area is 162 Å². The van der Waals surface area contributed by atoms with Crippen molar-refractivity contribution in [3.05, 3.63) is 41.4 Å². The summed E-state index contributed by atoms with van der Waals surface area (Å²) < 4.78 is 65.4. The smallest absolute Gasteiger partial charge is 0.297 e. The molecule has 0 N–H and O–H groups in total. The van der Waals surface area contributed by atoms with Crippen LogP contribution in [0, 0.1) is 5.92 Å². The zero-order valence-corrected chi connectivity index (χ0v) is 16.4. The number of piperidine rings is 1. The minimum Gasteiger partial charge on any atom is -0.297 e. The lowest BCUT2D eigenvalue weighted by atomic mass is 9.95. The molecule has 1 aromatic carbocycles. The third kappa shape index (κ3) is 4.50. The Morgan fingerprint density at radius 1 is 1.19 bits per heavy atom. The Morgan fingerprint density at radius 2 is 1.85 bits per heavy atom. The molecule has 4 nitrogen and oxygen atoms in total. The maximum atomic E-state index is 12.8. The number of likely N-dealkylation sites (tertiary alicyclic amines) is 1. The molecule has 1 aromatic rings. The van der Waals surface area contributed by atoms with Crippen molar-refractivity contribution in [2.45, 2.75) is 42.4 Å². The Balaban J connectivity index is 1.62. The summed E-state index contributed by atoms with van der Waals surface area (Å²) in [6.45, 7) is 0.743. The third-order valence-corrected chi connectivity index (χ3v) is 7.55. The normalized spacial score (nSPS) is 25.4. The number of hydrogen-bond donors (Lipinski definition) is 0. The second-order valence-electron chi connectivity index (χ2n) is 7.09. The van der Waals surface area contributed by atoms with Crippen LogP contribution in [0.3, 0.4) is 0 Å². The first-order valence-corrected chi connectivity index (χ1v) is 10.6. The van der Waals surface area contributed by atoms with E-state index in [4.69, 9.17) is 11.6 Å². The molecule has 1 aliphatic heterocycles. The highest BCUT2D eigenvalue weighted by Crippen LogP contribution is 2.36. The first kappa shape index (κ1) is 20.6. The van der Waals surface area contributed by atoms with E-state index >= 15 is 0 Å². The average Bonchev–Trinajstić information content (AvgIpc) is 3.10. The lowest BCUT2D eigenvalue weighted by molar-refractivity contribution is -0.185.